The van der Waals surface area contributed by atoms with Crippen molar-refractivity contribution in [3.05, 3.63) is 101 Å². The van der Waals surface area contributed by atoms with Crippen LogP contribution < -0.4 is 9.62 Å². The molecule has 0 aliphatic rings. The Morgan fingerprint density at radius 3 is 2.08 bits per heavy atom. The van der Waals surface area contributed by atoms with E-state index in [0.717, 1.165) is 16.1 Å². The molecular weight excluding hydrogens is 505 g/mol. The Morgan fingerprint density at radius 1 is 0.895 bits per heavy atom. The van der Waals surface area contributed by atoms with Gasteiger partial charge in [-0.3, -0.25) is 13.9 Å². The highest BCUT2D eigenvalue weighted by atomic mass is 32.2. The fourth-order valence-electron chi connectivity index (χ4n) is 4.16. The molecule has 0 aliphatic carbocycles. The Bertz CT molecular complexity index is 1350. The van der Waals surface area contributed by atoms with E-state index in [2.05, 4.69) is 5.32 Å². The van der Waals surface area contributed by atoms with E-state index in [9.17, 15) is 22.4 Å². The number of rotatable bonds is 11. The minimum atomic E-state index is -3.84. The third-order valence-electron chi connectivity index (χ3n) is 6.03. The fraction of sp³-hybridized carbons (Fsp3) is 0.310. The van der Waals surface area contributed by atoms with E-state index in [4.69, 9.17) is 0 Å². The molecule has 3 aromatic carbocycles. The number of nitrogens with zero attached hydrogens (tertiary/aromatic N) is 2. The van der Waals surface area contributed by atoms with E-state index in [1.807, 2.05) is 44.2 Å². The standard InChI is InChI=1S/C29H34FN3O4S/c1-21(2)31-29(35)27(18-23-11-6-5-7-12-23)32(19-24-14-16-25(30)17-15-24)28(34)20-33(38(4,36)37)26-13-9-8-10-22(26)3/h5-17,21,27H,18-20H2,1-4H3,(H,31,35). The van der Waals surface area contributed by atoms with Crippen molar-refractivity contribution in [3.63, 3.8) is 0 Å². The number of anilines is 1. The van der Waals surface area contributed by atoms with Crippen molar-refractivity contribution in [1.29, 1.82) is 0 Å². The van der Waals surface area contributed by atoms with Gasteiger partial charge in [-0.15, -0.1) is 0 Å². The first-order valence-electron chi connectivity index (χ1n) is 12.4. The van der Waals surface area contributed by atoms with Crippen LogP contribution in [0, 0.1) is 12.7 Å². The summed E-state index contributed by atoms with van der Waals surface area (Å²) in [6, 6.07) is 20.7. The fourth-order valence-corrected chi connectivity index (χ4v) is 5.07. The normalized spacial score (nSPS) is 12.2. The first-order valence-corrected chi connectivity index (χ1v) is 14.2. The number of nitrogens with one attached hydrogen (secondary N) is 1. The summed E-state index contributed by atoms with van der Waals surface area (Å²) in [5.74, 6) is -1.34. The number of aryl methyl sites for hydroxylation is 1. The summed E-state index contributed by atoms with van der Waals surface area (Å²) in [4.78, 5) is 28.8. The van der Waals surface area contributed by atoms with Gasteiger partial charge in [-0.1, -0.05) is 60.7 Å². The zero-order valence-corrected chi connectivity index (χ0v) is 22.9. The van der Waals surface area contributed by atoms with Crippen LogP contribution in [0.2, 0.25) is 0 Å². The highest BCUT2D eigenvalue weighted by molar-refractivity contribution is 7.92. The first-order chi connectivity index (χ1) is 18.0. The van der Waals surface area contributed by atoms with E-state index in [1.54, 1.807) is 43.3 Å². The molecular formula is C29H34FN3O4S. The lowest BCUT2D eigenvalue weighted by molar-refractivity contribution is -0.140. The van der Waals surface area contributed by atoms with Crippen LogP contribution in [0.5, 0.6) is 0 Å². The Labute approximate surface area is 224 Å². The molecule has 3 aromatic rings. The van der Waals surface area contributed by atoms with E-state index < -0.39 is 34.3 Å². The SMILES string of the molecule is Cc1ccccc1N(CC(=O)N(Cc1ccc(F)cc1)C(Cc1ccccc1)C(=O)NC(C)C)S(C)(=O)=O. The Hall–Kier alpha value is -3.72. The van der Waals surface area contributed by atoms with E-state index >= 15 is 0 Å². The summed E-state index contributed by atoms with van der Waals surface area (Å²) in [5.41, 5.74) is 2.52. The van der Waals surface area contributed by atoms with Crippen LogP contribution in [0.15, 0.2) is 78.9 Å². The number of para-hydroxylation sites is 1. The highest BCUT2D eigenvalue weighted by Crippen LogP contribution is 2.23. The van der Waals surface area contributed by atoms with Crippen LogP contribution in [0.4, 0.5) is 10.1 Å². The largest absolute Gasteiger partial charge is 0.352 e. The van der Waals surface area contributed by atoms with Crippen molar-refractivity contribution in [1.82, 2.24) is 10.2 Å². The van der Waals surface area contributed by atoms with Gasteiger partial charge in [0.2, 0.25) is 21.8 Å². The number of hydrogen-bond donors (Lipinski definition) is 1. The van der Waals surface area contributed by atoms with Gasteiger partial charge in [0.1, 0.15) is 18.4 Å². The van der Waals surface area contributed by atoms with Crippen molar-refractivity contribution in [2.24, 2.45) is 0 Å². The van der Waals surface area contributed by atoms with Gasteiger partial charge in [0.25, 0.3) is 0 Å². The first kappa shape index (κ1) is 28.8. The van der Waals surface area contributed by atoms with Crippen LogP contribution in [-0.4, -0.2) is 50.0 Å². The number of benzene rings is 3. The minimum absolute atomic E-state index is 0.00645. The average molecular weight is 540 g/mol. The Kier molecular flexibility index (Phi) is 9.63. The predicted molar refractivity (Wildman–Crippen MR) is 148 cm³/mol. The van der Waals surface area contributed by atoms with Crippen molar-refractivity contribution in [3.8, 4) is 0 Å². The van der Waals surface area contributed by atoms with E-state index in [0.29, 0.717) is 16.8 Å². The van der Waals surface area contributed by atoms with Gasteiger partial charge in [0, 0.05) is 19.0 Å². The molecule has 0 radical (unpaired) electrons. The van der Waals surface area contributed by atoms with Crippen LogP contribution in [0.3, 0.4) is 0 Å². The number of carbonyl (C=O) groups is 2. The molecule has 3 rings (SSSR count). The molecule has 0 aromatic heterocycles. The van der Waals surface area contributed by atoms with Gasteiger partial charge < -0.3 is 10.2 Å². The van der Waals surface area contributed by atoms with Crippen LogP contribution >= 0.6 is 0 Å². The van der Waals surface area contributed by atoms with Gasteiger partial charge in [0.05, 0.1) is 11.9 Å². The maximum absolute atomic E-state index is 13.9. The van der Waals surface area contributed by atoms with E-state index in [-0.39, 0.29) is 24.9 Å². The summed E-state index contributed by atoms with van der Waals surface area (Å²) >= 11 is 0. The predicted octanol–water partition coefficient (Wildman–Crippen LogP) is 4.06. The van der Waals surface area contributed by atoms with E-state index in [1.165, 1.54) is 17.0 Å². The maximum Gasteiger partial charge on any atom is 0.244 e. The second-order valence-electron chi connectivity index (χ2n) is 9.57. The molecule has 0 aliphatic heterocycles. The van der Waals surface area contributed by atoms with Crippen LogP contribution in [-0.2, 0) is 32.6 Å². The van der Waals surface area contributed by atoms with Crippen LogP contribution in [0.25, 0.3) is 0 Å². The third kappa shape index (κ3) is 7.89. The van der Waals surface area contributed by atoms with Gasteiger partial charge in [-0.05, 0) is 55.7 Å². The molecule has 1 unspecified atom stereocenters. The Morgan fingerprint density at radius 2 is 1.50 bits per heavy atom. The summed E-state index contributed by atoms with van der Waals surface area (Å²) in [5, 5.41) is 2.89. The summed E-state index contributed by atoms with van der Waals surface area (Å²) in [6.07, 6.45) is 1.26. The molecule has 2 amide bonds. The minimum Gasteiger partial charge on any atom is -0.352 e. The summed E-state index contributed by atoms with van der Waals surface area (Å²) in [7, 11) is -3.84. The topological polar surface area (TPSA) is 86.8 Å². The molecule has 0 bridgehead atoms. The second kappa shape index (κ2) is 12.7. The van der Waals surface area contributed by atoms with Gasteiger partial charge in [0.15, 0.2) is 0 Å². The molecule has 9 heteroatoms. The molecule has 0 saturated heterocycles. The average Bonchev–Trinajstić information content (AvgIpc) is 2.85. The second-order valence-corrected chi connectivity index (χ2v) is 11.5. The molecule has 38 heavy (non-hydrogen) atoms. The quantitative estimate of drug-likeness (QED) is 0.398. The smallest absolute Gasteiger partial charge is 0.244 e. The number of halogens is 1. The molecule has 1 N–H and O–H groups in total. The molecule has 0 fully saturated rings. The van der Waals surface area contributed by atoms with Gasteiger partial charge >= 0.3 is 0 Å². The lowest BCUT2D eigenvalue weighted by Gasteiger charge is -2.34. The maximum atomic E-state index is 13.9. The van der Waals surface area contributed by atoms with Crippen molar-refractivity contribution < 1.29 is 22.4 Å². The highest BCUT2D eigenvalue weighted by Gasteiger charge is 2.33. The number of sulfonamides is 1. The molecule has 0 saturated carbocycles. The molecule has 202 valence electrons. The van der Waals surface area contributed by atoms with Crippen molar-refractivity contribution in [2.75, 3.05) is 17.1 Å². The number of hydrogen-bond acceptors (Lipinski definition) is 4. The molecule has 0 heterocycles. The lowest BCUT2D eigenvalue weighted by atomic mass is 10.0. The molecule has 1 atom stereocenters. The zero-order chi connectivity index (χ0) is 27.9. The van der Waals surface area contributed by atoms with Crippen molar-refractivity contribution >= 4 is 27.5 Å². The van der Waals surface area contributed by atoms with Crippen molar-refractivity contribution in [2.45, 2.75) is 45.8 Å². The zero-order valence-electron chi connectivity index (χ0n) is 22.1. The third-order valence-corrected chi connectivity index (χ3v) is 7.16. The lowest BCUT2D eigenvalue weighted by Crippen LogP contribution is -2.54. The number of carbonyl (C=O) groups excluding carboxylic acids is 2. The summed E-state index contributed by atoms with van der Waals surface area (Å²) < 4.78 is 40.3. The van der Waals surface area contributed by atoms with Crippen LogP contribution in [0.1, 0.15) is 30.5 Å². The van der Waals surface area contributed by atoms with Gasteiger partial charge in [-0.2, -0.15) is 0 Å². The molecule has 0 spiro atoms. The van der Waals surface area contributed by atoms with Gasteiger partial charge in [-0.25, -0.2) is 12.8 Å². The molecule has 7 nitrogen and oxygen atoms in total. The monoisotopic (exact) mass is 539 g/mol. The number of amides is 2. The summed E-state index contributed by atoms with van der Waals surface area (Å²) in [6.45, 7) is 4.92. The Balaban J connectivity index is 2.06.